The lowest BCUT2D eigenvalue weighted by Crippen LogP contribution is -2.20. The van der Waals surface area contributed by atoms with Gasteiger partial charge in [-0.25, -0.2) is 4.79 Å². The van der Waals surface area contributed by atoms with Crippen LogP contribution in [0, 0.1) is 6.92 Å². The molecule has 1 amide bonds. The Morgan fingerprint density at radius 2 is 1.72 bits per heavy atom. The van der Waals surface area contributed by atoms with Crippen LogP contribution in [0.4, 0.5) is 5.69 Å². The van der Waals surface area contributed by atoms with E-state index in [-0.39, 0.29) is 6.61 Å². The number of hydrogen-bond acceptors (Lipinski definition) is 6. The van der Waals surface area contributed by atoms with E-state index in [4.69, 9.17) is 4.74 Å². The molecular formula is C27H25N5O3S. The van der Waals surface area contributed by atoms with Crippen molar-refractivity contribution in [2.75, 3.05) is 18.2 Å². The number of nitrogens with one attached hydrogen (secondary N) is 1. The number of nitrogens with zero attached hydrogens (tertiary/aromatic N) is 4. The molecule has 9 heteroatoms. The number of carbonyl (C=O) groups is 2. The molecule has 0 atom stereocenters. The van der Waals surface area contributed by atoms with E-state index in [1.54, 1.807) is 24.3 Å². The van der Waals surface area contributed by atoms with Crippen molar-refractivity contribution in [3.8, 4) is 5.69 Å². The highest BCUT2D eigenvalue weighted by Crippen LogP contribution is 2.31. The Kier molecular flexibility index (Phi) is 6.47. The number of hydrogen-bond donors (Lipinski definition) is 1. The van der Waals surface area contributed by atoms with Gasteiger partial charge in [0.2, 0.25) is 0 Å². The van der Waals surface area contributed by atoms with Crippen LogP contribution in [-0.4, -0.2) is 44.1 Å². The van der Waals surface area contributed by atoms with Crippen molar-refractivity contribution < 1.29 is 14.3 Å². The smallest absolute Gasteiger partial charge is 0.338 e. The minimum absolute atomic E-state index is 0.358. The summed E-state index contributed by atoms with van der Waals surface area (Å²) in [6.45, 7) is 4.45. The first-order valence-electron chi connectivity index (χ1n) is 11.5. The third-order valence-electron chi connectivity index (χ3n) is 6.05. The van der Waals surface area contributed by atoms with Crippen LogP contribution in [0.15, 0.2) is 71.9 Å². The van der Waals surface area contributed by atoms with Crippen LogP contribution in [0.25, 0.3) is 27.5 Å². The zero-order valence-corrected chi connectivity index (χ0v) is 21.0. The number of thioether (sulfide) groups is 1. The normalized spacial score (nSPS) is 11.2. The van der Waals surface area contributed by atoms with Gasteiger partial charge in [-0.2, -0.15) is 0 Å². The largest absolute Gasteiger partial charge is 0.452 e. The van der Waals surface area contributed by atoms with Crippen LogP contribution in [-0.2, 0) is 16.1 Å². The van der Waals surface area contributed by atoms with E-state index in [2.05, 4.69) is 39.1 Å². The van der Waals surface area contributed by atoms with Crippen molar-refractivity contribution in [1.29, 1.82) is 0 Å². The fourth-order valence-electron chi connectivity index (χ4n) is 4.40. The number of carbonyl (C=O) groups excluding carboxylic acids is 2. The summed E-state index contributed by atoms with van der Waals surface area (Å²) < 4.78 is 9.40. The average molecular weight is 500 g/mol. The zero-order chi connectivity index (χ0) is 25.2. The first-order chi connectivity index (χ1) is 17.5. The van der Waals surface area contributed by atoms with Gasteiger partial charge >= 0.3 is 5.97 Å². The molecule has 0 spiro atoms. The highest BCUT2D eigenvalue weighted by atomic mass is 32.2. The molecule has 0 saturated carbocycles. The van der Waals surface area contributed by atoms with Gasteiger partial charge in [-0.15, -0.1) is 10.2 Å². The molecule has 0 saturated heterocycles. The Morgan fingerprint density at radius 3 is 2.47 bits per heavy atom. The third kappa shape index (κ3) is 4.33. The third-order valence-corrected chi connectivity index (χ3v) is 6.68. The number of amides is 1. The van der Waals surface area contributed by atoms with Crippen LogP contribution in [0.1, 0.15) is 23.1 Å². The molecule has 5 rings (SSSR count). The van der Waals surface area contributed by atoms with E-state index in [1.807, 2.05) is 48.1 Å². The first kappa shape index (κ1) is 23.6. The topological polar surface area (TPSA) is 91.0 Å². The van der Waals surface area contributed by atoms with E-state index in [0.29, 0.717) is 11.3 Å². The number of ether oxygens (including phenoxy) is 1. The molecule has 0 radical (unpaired) electrons. The highest BCUT2D eigenvalue weighted by molar-refractivity contribution is 7.98. The molecule has 36 heavy (non-hydrogen) atoms. The number of aryl methyl sites for hydroxylation is 2. The summed E-state index contributed by atoms with van der Waals surface area (Å²) in [5.41, 5.74) is 4.12. The number of rotatable bonds is 7. The molecular weight excluding hydrogens is 474 g/mol. The Bertz CT molecular complexity index is 1590. The van der Waals surface area contributed by atoms with Crippen molar-refractivity contribution in [3.63, 3.8) is 0 Å². The predicted molar refractivity (Wildman–Crippen MR) is 142 cm³/mol. The lowest BCUT2D eigenvalue weighted by molar-refractivity contribution is -0.119. The molecule has 1 N–H and O–H groups in total. The van der Waals surface area contributed by atoms with Crippen LogP contribution in [0.5, 0.6) is 0 Å². The van der Waals surface area contributed by atoms with Gasteiger partial charge in [-0.1, -0.05) is 30.0 Å². The summed E-state index contributed by atoms with van der Waals surface area (Å²) in [6, 6.07) is 21.0. The molecule has 3 aromatic carbocycles. The Balaban J connectivity index is 1.25. The molecule has 2 heterocycles. The number of anilines is 1. The quantitative estimate of drug-likeness (QED) is 0.244. The lowest BCUT2D eigenvalue weighted by Gasteiger charge is -2.09. The van der Waals surface area contributed by atoms with Gasteiger partial charge < -0.3 is 14.6 Å². The van der Waals surface area contributed by atoms with Crippen molar-refractivity contribution in [2.45, 2.75) is 25.5 Å². The molecule has 8 nitrogen and oxygen atoms in total. The van der Waals surface area contributed by atoms with Gasteiger partial charge in [-0.05, 0) is 68.6 Å². The van der Waals surface area contributed by atoms with E-state index < -0.39 is 11.9 Å². The van der Waals surface area contributed by atoms with Crippen LogP contribution in [0.2, 0.25) is 0 Å². The predicted octanol–water partition coefficient (Wildman–Crippen LogP) is 5.22. The second kappa shape index (κ2) is 9.87. The number of para-hydroxylation sites is 1. The summed E-state index contributed by atoms with van der Waals surface area (Å²) in [7, 11) is 0. The van der Waals surface area contributed by atoms with Crippen LogP contribution >= 0.6 is 11.8 Å². The maximum Gasteiger partial charge on any atom is 0.338 e. The maximum atomic E-state index is 12.5. The van der Waals surface area contributed by atoms with Gasteiger partial charge in [0, 0.05) is 39.7 Å². The molecule has 182 valence electrons. The number of fused-ring (bicyclic) bond motifs is 3. The van der Waals surface area contributed by atoms with E-state index in [0.717, 1.165) is 45.0 Å². The minimum Gasteiger partial charge on any atom is -0.452 e. The van der Waals surface area contributed by atoms with Gasteiger partial charge in [0.25, 0.3) is 5.91 Å². The standard InChI is InChI=1S/C27H25N5O3S/c1-4-31-23-8-6-5-7-21(23)22-15-19(11-14-24(22)31)28-25(33)16-35-26(34)18-9-12-20(13-10-18)32-17(2)29-30-27(32)36-3/h5-15H,4,16H2,1-3H3,(H,28,33). The molecule has 5 aromatic rings. The number of aromatic nitrogens is 4. The molecule has 0 bridgehead atoms. The second-order valence-corrected chi connectivity index (χ2v) is 9.01. The molecule has 2 aromatic heterocycles. The molecule has 0 aliphatic heterocycles. The average Bonchev–Trinajstić information content (AvgIpc) is 3.44. The van der Waals surface area contributed by atoms with Crippen molar-refractivity contribution in [3.05, 3.63) is 78.1 Å². The van der Waals surface area contributed by atoms with Gasteiger partial charge in [0.1, 0.15) is 5.82 Å². The zero-order valence-electron chi connectivity index (χ0n) is 20.2. The van der Waals surface area contributed by atoms with Crippen molar-refractivity contribution >= 4 is 51.1 Å². The number of benzene rings is 3. The molecule has 0 unspecified atom stereocenters. The lowest BCUT2D eigenvalue weighted by atomic mass is 10.1. The second-order valence-electron chi connectivity index (χ2n) is 8.23. The van der Waals surface area contributed by atoms with Gasteiger partial charge in [-0.3, -0.25) is 9.36 Å². The fourth-order valence-corrected chi connectivity index (χ4v) is 4.95. The first-order valence-corrected chi connectivity index (χ1v) is 12.8. The fraction of sp³-hybridized carbons (Fsp3) is 0.185. The summed E-state index contributed by atoms with van der Waals surface area (Å²) in [6.07, 6.45) is 1.93. The Labute approximate surface area is 212 Å². The van der Waals surface area contributed by atoms with Gasteiger partial charge in [0.05, 0.1) is 5.56 Å². The highest BCUT2D eigenvalue weighted by Gasteiger charge is 2.14. The Hall–Kier alpha value is -4.11. The molecule has 0 fully saturated rings. The maximum absolute atomic E-state index is 12.5. The van der Waals surface area contributed by atoms with E-state index >= 15 is 0 Å². The summed E-state index contributed by atoms with van der Waals surface area (Å²) in [5.74, 6) is -0.212. The molecule has 0 aliphatic rings. The number of esters is 1. The molecule has 0 aliphatic carbocycles. The van der Waals surface area contributed by atoms with E-state index in [1.165, 1.54) is 11.8 Å². The van der Waals surface area contributed by atoms with Crippen LogP contribution < -0.4 is 5.32 Å². The SMILES string of the molecule is CCn1c2ccccc2c2cc(NC(=O)COC(=O)c3ccc(-n4c(C)nnc4SC)cc3)ccc21. The van der Waals surface area contributed by atoms with E-state index in [9.17, 15) is 9.59 Å². The van der Waals surface area contributed by atoms with Crippen molar-refractivity contribution in [2.24, 2.45) is 0 Å². The Morgan fingerprint density at radius 1 is 0.972 bits per heavy atom. The van der Waals surface area contributed by atoms with Crippen LogP contribution in [0.3, 0.4) is 0 Å². The summed E-state index contributed by atoms with van der Waals surface area (Å²) in [5, 5.41) is 14.0. The minimum atomic E-state index is -0.566. The monoisotopic (exact) mass is 499 g/mol. The summed E-state index contributed by atoms with van der Waals surface area (Å²) in [4.78, 5) is 25.0. The summed E-state index contributed by atoms with van der Waals surface area (Å²) >= 11 is 1.49. The van der Waals surface area contributed by atoms with Crippen molar-refractivity contribution in [1.82, 2.24) is 19.3 Å². The van der Waals surface area contributed by atoms with Gasteiger partial charge in [0.15, 0.2) is 11.8 Å².